The van der Waals surface area contributed by atoms with E-state index in [1.54, 1.807) is 0 Å². The summed E-state index contributed by atoms with van der Waals surface area (Å²) < 4.78 is 6.58. The molecule has 260 valence electrons. The smallest absolute Gasteiger partial charge is 0.227 e. The zero-order chi connectivity index (χ0) is 36.6. The summed E-state index contributed by atoms with van der Waals surface area (Å²) in [6.45, 7) is 0. The van der Waals surface area contributed by atoms with E-state index in [2.05, 4.69) is 192 Å². The summed E-state index contributed by atoms with van der Waals surface area (Å²) in [5.41, 5.74) is 11.3. The molecular formula is C51H35N3O. The fourth-order valence-corrected chi connectivity index (χ4v) is 7.63. The minimum atomic E-state index is 0.622. The third-order valence-electron chi connectivity index (χ3n) is 10.2. The van der Waals surface area contributed by atoms with Gasteiger partial charge in [-0.2, -0.15) is 0 Å². The number of nitrogens with zero attached hydrogens (tertiary/aromatic N) is 3. The van der Waals surface area contributed by atoms with Crippen molar-refractivity contribution in [3.8, 4) is 22.6 Å². The lowest BCUT2D eigenvalue weighted by atomic mass is 10.00. The highest BCUT2D eigenvalue weighted by molar-refractivity contribution is 6.18. The Morgan fingerprint density at radius 2 is 0.818 bits per heavy atom. The Kier molecular flexibility index (Phi) is 8.12. The molecule has 0 aliphatic rings. The molecule has 9 aromatic carbocycles. The molecule has 0 amide bonds. The SMILES string of the molecule is c1ccc(-c2cccc(N(c3ccccc3)c3cccc(N(c4ccccc4)c4ccc5ccc6ccc7nc(-c8ccccc8)oc7c6c5c4)c3)c2)cc1. The van der Waals surface area contributed by atoms with Crippen LogP contribution in [0.1, 0.15) is 0 Å². The van der Waals surface area contributed by atoms with Gasteiger partial charge in [-0.25, -0.2) is 4.98 Å². The van der Waals surface area contributed by atoms with Crippen LogP contribution < -0.4 is 9.80 Å². The molecule has 1 heterocycles. The van der Waals surface area contributed by atoms with E-state index in [-0.39, 0.29) is 0 Å². The molecule has 1 aromatic heterocycles. The fraction of sp³-hybridized carbons (Fsp3) is 0. The molecule has 0 atom stereocenters. The topological polar surface area (TPSA) is 32.5 Å². The Morgan fingerprint density at radius 3 is 1.47 bits per heavy atom. The molecule has 4 nitrogen and oxygen atoms in total. The Morgan fingerprint density at radius 1 is 0.345 bits per heavy atom. The maximum atomic E-state index is 6.58. The van der Waals surface area contributed by atoms with Gasteiger partial charge in [-0.15, -0.1) is 0 Å². The molecule has 0 aliphatic carbocycles. The Hall–Kier alpha value is -7.43. The van der Waals surface area contributed by atoms with Crippen molar-refractivity contribution in [2.75, 3.05) is 9.80 Å². The second-order valence-electron chi connectivity index (χ2n) is 13.6. The van der Waals surface area contributed by atoms with Crippen molar-refractivity contribution in [1.82, 2.24) is 4.98 Å². The van der Waals surface area contributed by atoms with E-state index in [1.807, 2.05) is 30.3 Å². The monoisotopic (exact) mass is 705 g/mol. The predicted molar refractivity (Wildman–Crippen MR) is 229 cm³/mol. The normalized spacial score (nSPS) is 11.3. The maximum Gasteiger partial charge on any atom is 0.227 e. The van der Waals surface area contributed by atoms with E-state index < -0.39 is 0 Å². The molecule has 0 N–H and O–H groups in total. The standard InChI is InChI=1S/C51H35N3O/c1-5-15-36(16-6-1)40-19-13-24-43(33-40)53(41-20-9-3-10-21-41)44-25-14-26-45(34-44)54(42-22-11-4-12-23-42)46-31-29-37-27-28-38-30-32-48-50(49(38)47(37)35-46)55-51(52-48)39-17-7-2-8-18-39/h1-35H. The van der Waals surface area contributed by atoms with E-state index in [9.17, 15) is 0 Å². The van der Waals surface area contributed by atoms with Gasteiger partial charge < -0.3 is 14.2 Å². The molecule has 4 heteroatoms. The first kappa shape index (κ1) is 32.2. The van der Waals surface area contributed by atoms with Crippen molar-refractivity contribution in [2.24, 2.45) is 0 Å². The average Bonchev–Trinajstić information content (AvgIpc) is 3.70. The van der Waals surface area contributed by atoms with Crippen LogP contribution in [0.4, 0.5) is 34.1 Å². The molecule has 0 saturated carbocycles. The highest BCUT2D eigenvalue weighted by Gasteiger charge is 2.19. The summed E-state index contributed by atoms with van der Waals surface area (Å²) in [4.78, 5) is 9.58. The Bertz CT molecular complexity index is 2920. The summed E-state index contributed by atoms with van der Waals surface area (Å²) in [7, 11) is 0. The molecule has 10 rings (SSSR count). The van der Waals surface area contributed by atoms with E-state index in [0.29, 0.717) is 5.89 Å². The van der Waals surface area contributed by atoms with Crippen LogP contribution in [-0.2, 0) is 0 Å². The summed E-state index contributed by atoms with van der Waals surface area (Å²) in [5, 5.41) is 4.41. The second kappa shape index (κ2) is 13.8. The van der Waals surface area contributed by atoms with Crippen LogP contribution in [0.5, 0.6) is 0 Å². The number of benzene rings is 9. The maximum absolute atomic E-state index is 6.58. The van der Waals surface area contributed by atoms with E-state index in [0.717, 1.165) is 72.3 Å². The highest BCUT2D eigenvalue weighted by Crippen LogP contribution is 2.43. The van der Waals surface area contributed by atoms with E-state index >= 15 is 0 Å². The van der Waals surface area contributed by atoms with Gasteiger partial charge in [-0.05, 0) is 112 Å². The molecule has 55 heavy (non-hydrogen) atoms. The molecule has 10 aromatic rings. The van der Waals surface area contributed by atoms with Crippen molar-refractivity contribution in [3.63, 3.8) is 0 Å². The minimum Gasteiger partial charge on any atom is -0.435 e. The van der Waals surface area contributed by atoms with Crippen molar-refractivity contribution in [1.29, 1.82) is 0 Å². The van der Waals surface area contributed by atoms with Gasteiger partial charge in [0.1, 0.15) is 5.52 Å². The van der Waals surface area contributed by atoms with Gasteiger partial charge in [-0.1, -0.05) is 127 Å². The predicted octanol–water partition coefficient (Wildman–Crippen LogP) is 14.4. The van der Waals surface area contributed by atoms with Crippen molar-refractivity contribution < 1.29 is 4.42 Å². The van der Waals surface area contributed by atoms with Crippen molar-refractivity contribution >= 4 is 66.8 Å². The van der Waals surface area contributed by atoms with Gasteiger partial charge in [0.15, 0.2) is 5.58 Å². The molecule has 0 unspecified atom stereocenters. The number of hydrogen-bond acceptors (Lipinski definition) is 4. The minimum absolute atomic E-state index is 0.622. The molecule has 0 saturated heterocycles. The number of oxazole rings is 1. The first-order valence-corrected chi connectivity index (χ1v) is 18.5. The quantitative estimate of drug-likeness (QED) is 0.147. The Labute approximate surface area is 319 Å². The van der Waals surface area contributed by atoms with E-state index in [4.69, 9.17) is 9.40 Å². The lowest BCUT2D eigenvalue weighted by Gasteiger charge is -2.29. The van der Waals surface area contributed by atoms with Gasteiger partial charge in [0, 0.05) is 45.1 Å². The lowest BCUT2D eigenvalue weighted by Crippen LogP contribution is -2.13. The third-order valence-corrected chi connectivity index (χ3v) is 10.2. The third kappa shape index (κ3) is 6.06. The van der Waals surface area contributed by atoms with Gasteiger partial charge in [0.2, 0.25) is 5.89 Å². The lowest BCUT2D eigenvalue weighted by molar-refractivity contribution is 0.623. The first-order valence-electron chi connectivity index (χ1n) is 18.5. The summed E-state index contributed by atoms with van der Waals surface area (Å²) in [5.74, 6) is 0.622. The van der Waals surface area contributed by atoms with Gasteiger partial charge in [-0.3, -0.25) is 0 Å². The van der Waals surface area contributed by atoms with Crippen LogP contribution in [0.15, 0.2) is 217 Å². The van der Waals surface area contributed by atoms with Crippen LogP contribution >= 0.6 is 0 Å². The van der Waals surface area contributed by atoms with Crippen LogP contribution in [0.25, 0.3) is 55.2 Å². The number of aromatic nitrogens is 1. The highest BCUT2D eigenvalue weighted by atomic mass is 16.3. The molecule has 0 spiro atoms. The molecule has 0 bridgehead atoms. The van der Waals surface area contributed by atoms with Gasteiger partial charge >= 0.3 is 0 Å². The van der Waals surface area contributed by atoms with Crippen molar-refractivity contribution in [3.05, 3.63) is 212 Å². The van der Waals surface area contributed by atoms with Crippen LogP contribution in [0.2, 0.25) is 0 Å². The number of anilines is 6. The molecular weight excluding hydrogens is 671 g/mol. The molecule has 0 fully saturated rings. The number of fused-ring (bicyclic) bond motifs is 5. The summed E-state index contributed by atoms with van der Waals surface area (Å²) >= 11 is 0. The molecule has 0 aliphatic heterocycles. The zero-order valence-corrected chi connectivity index (χ0v) is 30.0. The van der Waals surface area contributed by atoms with Crippen LogP contribution in [-0.4, -0.2) is 4.98 Å². The van der Waals surface area contributed by atoms with Gasteiger partial charge in [0.05, 0.1) is 0 Å². The largest absolute Gasteiger partial charge is 0.435 e. The second-order valence-corrected chi connectivity index (χ2v) is 13.6. The van der Waals surface area contributed by atoms with Crippen LogP contribution in [0, 0.1) is 0 Å². The van der Waals surface area contributed by atoms with Crippen LogP contribution in [0.3, 0.4) is 0 Å². The van der Waals surface area contributed by atoms with Crippen molar-refractivity contribution in [2.45, 2.75) is 0 Å². The first-order chi connectivity index (χ1) is 27.3. The number of para-hydroxylation sites is 2. The number of hydrogen-bond donors (Lipinski definition) is 0. The summed E-state index contributed by atoms with van der Waals surface area (Å²) in [6.07, 6.45) is 0. The zero-order valence-electron chi connectivity index (χ0n) is 30.0. The summed E-state index contributed by atoms with van der Waals surface area (Å²) in [6, 6.07) is 74.7. The van der Waals surface area contributed by atoms with E-state index in [1.165, 1.54) is 11.1 Å². The van der Waals surface area contributed by atoms with Gasteiger partial charge in [0.25, 0.3) is 0 Å². The number of rotatable bonds is 8. The molecule has 0 radical (unpaired) electrons. The average molecular weight is 706 g/mol. The fourth-order valence-electron chi connectivity index (χ4n) is 7.63. The Balaban J connectivity index is 1.14.